The van der Waals surface area contributed by atoms with Crippen LogP contribution in [0.1, 0.15) is 64.7 Å². The van der Waals surface area contributed by atoms with E-state index in [-0.39, 0.29) is 0 Å². The summed E-state index contributed by atoms with van der Waals surface area (Å²) in [6.07, 6.45) is 7.44. The van der Waals surface area contributed by atoms with Crippen LogP contribution in [-0.2, 0) is 14.3 Å². The zero-order valence-electron chi connectivity index (χ0n) is 14.4. The van der Waals surface area contributed by atoms with Crippen molar-refractivity contribution in [2.75, 3.05) is 7.11 Å². The summed E-state index contributed by atoms with van der Waals surface area (Å²) in [5.74, 6) is -0.586. The number of amides is 1. The second-order valence-electron chi connectivity index (χ2n) is 6.57. The van der Waals surface area contributed by atoms with Gasteiger partial charge < -0.3 is 20.9 Å². The largest absolute Gasteiger partial charge is 0.467 e. The second-order valence-corrected chi connectivity index (χ2v) is 6.57. The molecule has 0 radical (unpaired) electrons. The third-order valence-electron chi connectivity index (χ3n) is 4.65. The minimum atomic E-state index is -1.29. The number of ether oxygens (including phenoxy) is 1. The van der Waals surface area contributed by atoms with Crippen molar-refractivity contribution >= 4 is 11.9 Å². The van der Waals surface area contributed by atoms with E-state index in [1.807, 2.05) is 6.92 Å². The Hall–Kier alpha value is -1.14. The summed E-state index contributed by atoms with van der Waals surface area (Å²) < 4.78 is 4.71. The lowest BCUT2D eigenvalue weighted by molar-refractivity contribution is -0.146. The molecule has 4 N–H and O–H groups in total. The summed E-state index contributed by atoms with van der Waals surface area (Å²) in [5.41, 5.74) is 6.01. The molecule has 1 aliphatic rings. The number of unbranched alkanes of at least 4 members (excludes halogenated alkanes) is 1. The maximum atomic E-state index is 12.2. The fraction of sp³-hybridized carbons (Fsp3) is 0.882. The van der Waals surface area contributed by atoms with E-state index in [0.717, 1.165) is 25.7 Å². The molecule has 1 aliphatic carbocycles. The van der Waals surface area contributed by atoms with E-state index in [1.54, 1.807) is 0 Å². The van der Waals surface area contributed by atoms with Crippen molar-refractivity contribution in [1.29, 1.82) is 0 Å². The van der Waals surface area contributed by atoms with Crippen molar-refractivity contribution < 1.29 is 19.4 Å². The number of hydrogen-bond acceptors (Lipinski definition) is 5. The third kappa shape index (κ3) is 6.87. The summed E-state index contributed by atoms with van der Waals surface area (Å²) in [5, 5.41) is 12.7. The highest BCUT2D eigenvalue weighted by Crippen LogP contribution is 2.27. The zero-order valence-corrected chi connectivity index (χ0v) is 14.4. The monoisotopic (exact) mass is 328 g/mol. The van der Waals surface area contributed by atoms with Gasteiger partial charge in [0.25, 0.3) is 5.91 Å². The topological polar surface area (TPSA) is 102 Å². The smallest absolute Gasteiger partial charge is 0.328 e. The van der Waals surface area contributed by atoms with Crippen LogP contribution in [0, 0.1) is 5.92 Å². The van der Waals surface area contributed by atoms with Crippen LogP contribution in [0.2, 0.25) is 0 Å². The van der Waals surface area contributed by atoms with Crippen molar-refractivity contribution in [3.63, 3.8) is 0 Å². The second kappa shape index (κ2) is 10.6. The molecule has 0 aromatic heterocycles. The van der Waals surface area contributed by atoms with Gasteiger partial charge in [-0.05, 0) is 18.8 Å². The molecular weight excluding hydrogens is 296 g/mol. The van der Waals surface area contributed by atoms with E-state index < -0.39 is 30.1 Å². The first-order chi connectivity index (χ1) is 11.0. The van der Waals surface area contributed by atoms with E-state index in [2.05, 4.69) is 5.32 Å². The normalized spacial score (nSPS) is 19.7. The van der Waals surface area contributed by atoms with Crippen LogP contribution < -0.4 is 11.1 Å². The predicted octanol–water partition coefficient (Wildman–Crippen LogP) is 1.49. The highest BCUT2D eigenvalue weighted by molar-refractivity contribution is 5.87. The minimum absolute atomic E-state index is 0.484. The maximum Gasteiger partial charge on any atom is 0.328 e. The van der Waals surface area contributed by atoms with E-state index in [9.17, 15) is 14.7 Å². The van der Waals surface area contributed by atoms with Gasteiger partial charge in [-0.25, -0.2) is 4.79 Å². The Morgan fingerprint density at radius 2 is 1.96 bits per heavy atom. The van der Waals surface area contributed by atoms with Gasteiger partial charge in [0.15, 0.2) is 0 Å². The number of nitrogens with two attached hydrogens (primary N) is 1. The summed E-state index contributed by atoms with van der Waals surface area (Å²) in [4.78, 5) is 23.9. The van der Waals surface area contributed by atoms with Crippen molar-refractivity contribution in [1.82, 2.24) is 5.32 Å². The fourth-order valence-corrected chi connectivity index (χ4v) is 3.19. The molecule has 6 heteroatoms. The van der Waals surface area contributed by atoms with Gasteiger partial charge in [-0.2, -0.15) is 0 Å². The number of hydrogen-bond donors (Lipinski definition) is 3. The molecule has 1 saturated carbocycles. The number of aliphatic hydroxyl groups excluding tert-OH is 1. The Morgan fingerprint density at radius 1 is 1.30 bits per heavy atom. The first-order valence-electron chi connectivity index (χ1n) is 8.81. The minimum Gasteiger partial charge on any atom is -0.467 e. The van der Waals surface area contributed by atoms with Gasteiger partial charge in [-0.3, -0.25) is 4.79 Å². The number of aliphatic hydroxyl groups is 1. The lowest BCUT2D eigenvalue weighted by atomic mass is 9.84. The van der Waals surface area contributed by atoms with Crippen molar-refractivity contribution in [3.8, 4) is 0 Å². The summed E-state index contributed by atoms with van der Waals surface area (Å²) >= 11 is 0. The Labute approximate surface area is 139 Å². The lowest BCUT2D eigenvalue weighted by Gasteiger charge is -2.27. The van der Waals surface area contributed by atoms with E-state index in [4.69, 9.17) is 10.5 Å². The lowest BCUT2D eigenvalue weighted by Crippen LogP contribution is -2.52. The van der Waals surface area contributed by atoms with Gasteiger partial charge in [-0.15, -0.1) is 0 Å². The van der Waals surface area contributed by atoms with E-state index >= 15 is 0 Å². The first kappa shape index (κ1) is 19.9. The molecule has 0 aliphatic heterocycles. The van der Waals surface area contributed by atoms with Gasteiger partial charge in [0.1, 0.15) is 12.1 Å². The number of rotatable bonds is 9. The molecule has 0 spiro atoms. The SMILES string of the molecule is CCCCC(NC(=O)[C@@H](O)[C@H](N)CC1CCCCC1)C(=O)OC. The molecule has 0 bridgehead atoms. The van der Waals surface area contributed by atoms with Crippen LogP contribution in [0.4, 0.5) is 0 Å². The summed E-state index contributed by atoms with van der Waals surface area (Å²) in [7, 11) is 1.29. The number of methoxy groups -OCH3 is 1. The first-order valence-corrected chi connectivity index (χ1v) is 8.81. The Kier molecular flexibility index (Phi) is 9.17. The van der Waals surface area contributed by atoms with Crippen LogP contribution in [0.5, 0.6) is 0 Å². The van der Waals surface area contributed by atoms with Gasteiger partial charge in [0, 0.05) is 6.04 Å². The van der Waals surface area contributed by atoms with E-state index in [1.165, 1.54) is 26.4 Å². The third-order valence-corrected chi connectivity index (χ3v) is 4.65. The number of carbonyl (C=O) groups is 2. The number of esters is 1. The van der Waals surface area contributed by atoms with Crippen molar-refractivity contribution in [3.05, 3.63) is 0 Å². The van der Waals surface area contributed by atoms with Crippen LogP contribution >= 0.6 is 0 Å². The molecule has 1 unspecified atom stereocenters. The molecule has 6 nitrogen and oxygen atoms in total. The molecule has 0 heterocycles. The molecule has 1 amide bonds. The van der Waals surface area contributed by atoms with Crippen molar-refractivity contribution in [2.45, 2.75) is 82.9 Å². The van der Waals surface area contributed by atoms with E-state index in [0.29, 0.717) is 18.8 Å². The molecule has 0 saturated heterocycles. The van der Waals surface area contributed by atoms with Crippen LogP contribution in [0.25, 0.3) is 0 Å². The Bertz CT molecular complexity index is 370. The molecule has 3 atom stereocenters. The molecule has 1 rings (SSSR count). The standard InChI is InChI=1S/C17H32N2O4/c1-3-4-10-14(17(22)23-2)19-16(21)15(20)13(18)11-12-8-6-5-7-9-12/h12-15,20H,3-11,18H2,1-2H3,(H,19,21)/t13-,14?,15+/m1/s1. The van der Waals surface area contributed by atoms with Crippen LogP contribution in [0.3, 0.4) is 0 Å². The number of nitrogens with one attached hydrogen (secondary N) is 1. The molecule has 0 aromatic rings. The molecule has 1 fully saturated rings. The molecule has 134 valence electrons. The number of carbonyl (C=O) groups excluding carboxylic acids is 2. The Balaban J connectivity index is 2.49. The predicted molar refractivity (Wildman–Crippen MR) is 88.6 cm³/mol. The highest BCUT2D eigenvalue weighted by atomic mass is 16.5. The zero-order chi connectivity index (χ0) is 17.2. The average molecular weight is 328 g/mol. The molecular formula is C17H32N2O4. The maximum absolute atomic E-state index is 12.2. The summed E-state index contributed by atoms with van der Waals surface area (Å²) in [6, 6.07) is -1.31. The fourth-order valence-electron chi connectivity index (χ4n) is 3.19. The van der Waals surface area contributed by atoms with Crippen LogP contribution in [-0.4, -0.2) is 42.3 Å². The van der Waals surface area contributed by atoms with Crippen LogP contribution in [0.15, 0.2) is 0 Å². The quantitative estimate of drug-likeness (QED) is 0.557. The highest BCUT2D eigenvalue weighted by Gasteiger charge is 2.29. The van der Waals surface area contributed by atoms with Gasteiger partial charge >= 0.3 is 5.97 Å². The average Bonchev–Trinajstić information content (AvgIpc) is 2.57. The summed E-state index contributed by atoms with van der Waals surface area (Å²) in [6.45, 7) is 2.01. The van der Waals surface area contributed by atoms with Gasteiger partial charge in [0.2, 0.25) is 0 Å². The van der Waals surface area contributed by atoms with Gasteiger partial charge in [-0.1, -0.05) is 51.9 Å². The molecule has 0 aromatic carbocycles. The van der Waals surface area contributed by atoms with Crippen molar-refractivity contribution in [2.24, 2.45) is 11.7 Å². The Morgan fingerprint density at radius 3 is 2.52 bits per heavy atom. The van der Waals surface area contributed by atoms with Gasteiger partial charge in [0.05, 0.1) is 7.11 Å². The molecule has 23 heavy (non-hydrogen) atoms.